The largest absolute Gasteiger partial charge is 0.461 e. The van der Waals surface area contributed by atoms with E-state index in [1.54, 1.807) is 0 Å². The van der Waals surface area contributed by atoms with E-state index in [1.165, 1.54) is 0 Å². The quantitative estimate of drug-likeness (QED) is 0.585. The number of carbonyl (C=O) groups excluding carboxylic acids is 1. The highest BCUT2D eigenvalue weighted by Gasteiger charge is 2.68. The van der Waals surface area contributed by atoms with Gasteiger partial charge >= 0.3 is 28.4 Å². The van der Waals surface area contributed by atoms with Crippen molar-refractivity contribution in [3.8, 4) is 0 Å². The Balaban J connectivity index is 5.33. The van der Waals surface area contributed by atoms with Gasteiger partial charge in [0.1, 0.15) is 0 Å². The molecule has 0 fully saturated rings. The lowest BCUT2D eigenvalue weighted by Gasteiger charge is -2.21. The maximum atomic E-state index is 12.6. The second-order valence-electron chi connectivity index (χ2n) is 1.97. The Morgan fingerprint density at radius 1 is 1.20 bits per heavy atom. The zero-order chi connectivity index (χ0) is 12.5. The first-order valence-corrected chi connectivity index (χ1v) is 4.07. The van der Waals surface area contributed by atoms with Gasteiger partial charge in [-0.2, -0.15) is 30.2 Å². The highest BCUT2D eigenvalue weighted by atomic mass is 32.3. The highest BCUT2D eigenvalue weighted by molar-refractivity contribution is 7.81. The van der Waals surface area contributed by atoms with E-state index in [0.717, 1.165) is 0 Å². The summed E-state index contributed by atoms with van der Waals surface area (Å²) < 4.78 is 88.5. The molecule has 0 heterocycles. The SMILES string of the molecule is O=C(OF)C(F)(OS(=O)(=O)O)C(F)(F)F. The molecule has 0 bridgehead atoms. The summed E-state index contributed by atoms with van der Waals surface area (Å²) in [4.78, 5) is 11.8. The zero-order valence-electron chi connectivity index (χ0n) is 6.29. The van der Waals surface area contributed by atoms with Crippen LogP contribution in [0.5, 0.6) is 0 Å². The maximum absolute atomic E-state index is 12.6. The molecule has 6 nitrogen and oxygen atoms in total. The van der Waals surface area contributed by atoms with E-state index in [9.17, 15) is 35.3 Å². The van der Waals surface area contributed by atoms with E-state index in [1.807, 2.05) is 4.94 Å². The second kappa shape index (κ2) is 3.86. The lowest BCUT2D eigenvalue weighted by atomic mass is 10.3. The molecule has 0 spiro atoms. The third kappa shape index (κ3) is 3.24. The van der Waals surface area contributed by atoms with Crippen molar-refractivity contribution in [3.63, 3.8) is 0 Å². The second-order valence-corrected chi connectivity index (χ2v) is 2.99. The normalized spacial score (nSPS) is 16.9. The molecule has 1 N–H and O–H groups in total. The average Bonchev–Trinajstić information content (AvgIpc) is 1.97. The Hall–Kier alpha value is -1.01. The van der Waals surface area contributed by atoms with Gasteiger partial charge in [0.2, 0.25) is 0 Å². The number of hydrogen-bond acceptors (Lipinski definition) is 5. The maximum Gasteiger partial charge on any atom is 0.461 e. The standard InChI is InChI=1S/C3HF5O6S/c4-2(1(9)13-8,3(5,6)7)14-15(10,11)12/h(H,10,11,12). The molecule has 0 rings (SSSR count). The monoisotopic (exact) mass is 260 g/mol. The highest BCUT2D eigenvalue weighted by Crippen LogP contribution is 2.37. The van der Waals surface area contributed by atoms with Crippen molar-refractivity contribution in [1.29, 1.82) is 0 Å². The molecular weight excluding hydrogens is 259 g/mol. The van der Waals surface area contributed by atoms with Crippen molar-refractivity contribution < 1.29 is 49.0 Å². The molecular formula is C3HF5O6S. The van der Waals surface area contributed by atoms with Crippen molar-refractivity contribution in [2.75, 3.05) is 0 Å². The van der Waals surface area contributed by atoms with E-state index in [2.05, 4.69) is 4.18 Å². The summed E-state index contributed by atoms with van der Waals surface area (Å²) in [6.07, 6.45) is -6.26. The third-order valence-electron chi connectivity index (χ3n) is 0.917. The predicted octanol–water partition coefficient (Wildman–Crippen LogP) is 0.462. The van der Waals surface area contributed by atoms with Crippen LogP contribution < -0.4 is 0 Å². The third-order valence-corrected chi connectivity index (χ3v) is 1.36. The van der Waals surface area contributed by atoms with Gasteiger partial charge in [0.05, 0.1) is 0 Å². The molecule has 0 radical (unpaired) electrons. The first-order chi connectivity index (χ1) is 6.44. The van der Waals surface area contributed by atoms with Crippen molar-refractivity contribution in [3.05, 3.63) is 0 Å². The van der Waals surface area contributed by atoms with Gasteiger partial charge in [0, 0.05) is 4.53 Å². The van der Waals surface area contributed by atoms with Crippen molar-refractivity contribution in [2.24, 2.45) is 0 Å². The summed E-state index contributed by atoms with van der Waals surface area (Å²) in [5.41, 5.74) is 0. The number of halogens is 5. The zero-order valence-corrected chi connectivity index (χ0v) is 7.10. The van der Waals surface area contributed by atoms with E-state index in [0.29, 0.717) is 0 Å². The molecule has 0 aliphatic rings. The Morgan fingerprint density at radius 2 is 1.60 bits per heavy atom. The van der Waals surface area contributed by atoms with Crippen molar-refractivity contribution >= 4 is 16.4 Å². The summed E-state index contributed by atoms with van der Waals surface area (Å²) >= 11 is 0. The Kier molecular flexibility index (Phi) is 3.60. The Morgan fingerprint density at radius 3 is 1.80 bits per heavy atom. The molecule has 12 heteroatoms. The molecule has 0 amide bonds. The fourth-order valence-corrected chi connectivity index (χ4v) is 0.844. The smallest absolute Gasteiger partial charge is 0.263 e. The average molecular weight is 260 g/mol. The minimum Gasteiger partial charge on any atom is -0.263 e. The van der Waals surface area contributed by atoms with Crippen LogP contribution in [0.15, 0.2) is 0 Å². The van der Waals surface area contributed by atoms with Gasteiger partial charge in [0.15, 0.2) is 0 Å². The summed E-state index contributed by atoms with van der Waals surface area (Å²) in [7, 11) is -5.98. The molecule has 0 aliphatic carbocycles. The van der Waals surface area contributed by atoms with Gasteiger partial charge in [-0.15, -0.1) is 0 Å². The van der Waals surface area contributed by atoms with Crippen molar-refractivity contribution in [1.82, 2.24) is 0 Å². The van der Waals surface area contributed by atoms with Gasteiger partial charge in [-0.1, -0.05) is 0 Å². The van der Waals surface area contributed by atoms with Crippen LogP contribution in [0.3, 0.4) is 0 Å². The molecule has 1 unspecified atom stereocenters. The molecule has 1 atom stereocenters. The summed E-state index contributed by atoms with van der Waals surface area (Å²) in [6.45, 7) is 0. The molecule has 0 saturated heterocycles. The van der Waals surface area contributed by atoms with Gasteiger partial charge < -0.3 is 0 Å². The fraction of sp³-hybridized carbons (Fsp3) is 0.667. The van der Waals surface area contributed by atoms with E-state index in [4.69, 9.17) is 4.55 Å². The van der Waals surface area contributed by atoms with Crippen LogP contribution in [0.1, 0.15) is 0 Å². The number of carbonyl (C=O) groups is 1. The van der Waals surface area contributed by atoms with Crippen LogP contribution in [0.2, 0.25) is 0 Å². The molecule has 0 aromatic rings. The number of alkyl halides is 4. The van der Waals surface area contributed by atoms with Crippen LogP contribution in [0, 0.1) is 0 Å². The van der Waals surface area contributed by atoms with Gasteiger partial charge in [-0.3, -0.25) is 4.55 Å². The Bertz CT molecular complexity index is 346. The molecule has 0 saturated carbocycles. The summed E-state index contributed by atoms with van der Waals surface area (Å²) in [5, 5.41) is 0. The van der Waals surface area contributed by atoms with Gasteiger partial charge in [-0.25, -0.2) is 9.74 Å². The Labute approximate surface area is 78.4 Å². The van der Waals surface area contributed by atoms with E-state index in [-0.39, 0.29) is 0 Å². The van der Waals surface area contributed by atoms with Gasteiger partial charge in [0.25, 0.3) is 0 Å². The molecule has 0 aromatic heterocycles. The fourth-order valence-electron chi connectivity index (χ4n) is 0.392. The van der Waals surface area contributed by atoms with E-state index >= 15 is 0 Å². The van der Waals surface area contributed by atoms with Crippen LogP contribution in [-0.2, 0) is 24.3 Å². The predicted molar refractivity (Wildman–Crippen MR) is 29.7 cm³/mol. The van der Waals surface area contributed by atoms with Gasteiger partial charge in [-0.05, 0) is 0 Å². The number of hydrogen-bond donors (Lipinski definition) is 1. The van der Waals surface area contributed by atoms with Crippen LogP contribution in [0.4, 0.5) is 22.1 Å². The van der Waals surface area contributed by atoms with Crippen LogP contribution >= 0.6 is 0 Å². The lowest BCUT2D eigenvalue weighted by Crippen LogP contribution is -2.51. The topological polar surface area (TPSA) is 89.9 Å². The first-order valence-electron chi connectivity index (χ1n) is 2.71. The molecule has 90 valence electrons. The summed E-state index contributed by atoms with van der Waals surface area (Å²) in [6, 6.07) is 0. The minimum absolute atomic E-state index is 1.85. The van der Waals surface area contributed by atoms with Crippen LogP contribution in [0.25, 0.3) is 0 Å². The molecule has 15 heavy (non-hydrogen) atoms. The molecule has 0 aromatic carbocycles. The molecule has 0 aliphatic heterocycles. The number of rotatable bonds is 3. The van der Waals surface area contributed by atoms with Crippen molar-refractivity contribution in [2.45, 2.75) is 12.0 Å². The van der Waals surface area contributed by atoms with Crippen LogP contribution in [-0.4, -0.2) is 31.0 Å². The lowest BCUT2D eigenvalue weighted by molar-refractivity contribution is -0.310. The van der Waals surface area contributed by atoms with E-state index < -0.39 is 28.4 Å². The minimum atomic E-state index is -6.26. The summed E-state index contributed by atoms with van der Waals surface area (Å²) in [5.74, 6) is -8.97. The first kappa shape index (κ1) is 14.0.